The van der Waals surface area contributed by atoms with Crippen molar-refractivity contribution in [1.82, 2.24) is 0 Å². The van der Waals surface area contributed by atoms with E-state index < -0.39 is 0 Å². The van der Waals surface area contributed by atoms with Gasteiger partial charge in [-0.25, -0.2) is 0 Å². The summed E-state index contributed by atoms with van der Waals surface area (Å²) >= 11 is 0. The van der Waals surface area contributed by atoms with Crippen LogP contribution in [0, 0.1) is 17.3 Å². The average molecular weight is 407 g/mol. The minimum absolute atomic E-state index is 0.132. The van der Waals surface area contributed by atoms with Crippen molar-refractivity contribution < 1.29 is 5.11 Å². The maximum atomic E-state index is 10.6. The average Bonchev–Trinajstić information content (AvgIpc) is 2.96. The molecule has 5 atom stereocenters. The summed E-state index contributed by atoms with van der Waals surface area (Å²) < 4.78 is 0. The van der Waals surface area contributed by atoms with Crippen LogP contribution in [0.15, 0.2) is 35.9 Å². The molecule has 0 amide bonds. The van der Waals surface area contributed by atoms with Crippen LogP contribution >= 0.6 is 0 Å². The standard InChI is InChI=1S/C29H42O/c1-19(2)9-8-10-20(3)23-16-18-29(7)25-13-12-24-21(11-14-26(30)27(24,4)5)22(25)15-17-28(23,29)6/h8-10,12-13,20,23,26,30H,11,14-18H2,1-7H3/b10-8+/t20-,23-,26+,28-,29+/m1/s1. The van der Waals surface area contributed by atoms with E-state index in [4.69, 9.17) is 0 Å². The molecular weight excluding hydrogens is 364 g/mol. The summed E-state index contributed by atoms with van der Waals surface area (Å²) in [6.07, 6.45) is 13.8. The molecule has 3 aliphatic rings. The number of rotatable bonds is 3. The second-order valence-electron chi connectivity index (χ2n) is 11.8. The number of allylic oxidation sites excluding steroid dienone is 4. The summed E-state index contributed by atoms with van der Waals surface area (Å²) in [6.45, 7) is 16.4. The quantitative estimate of drug-likeness (QED) is 0.533. The van der Waals surface area contributed by atoms with Gasteiger partial charge in [0.15, 0.2) is 0 Å². The van der Waals surface area contributed by atoms with E-state index >= 15 is 0 Å². The van der Waals surface area contributed by atoms with Crippen molar-refractivity contribution in [2.24, 2.45) is 17.3 Å². The molecule has 0 heterocycles. The van der Waals surface area contributed by atoms with Crippen LogP contribution in [0.2, 0.25) is 0 Å². The van der Waals surface area contributed by atoms with Crippen LogP contribution in [0.1, 0.15) is 96.4 Å². The van der Waals surface area contributed by atoms with Gasteiger partial charge in [0.05, 0.1) is 6.10 Å². The van der Waals surface area contributed by atoms with Crippen molar-refractivity contribution >= 4 is 0 Å². The Morgan fingerprint density at radius 3 is 2.37 bits per heavy atom. The van der Waals surface area contributed by atoms with Gasteiger partial charge in [0, 0.05) is 5.41 Å². The molecule has 1 heteroatoms. The highest BCUT2D eigenvalue weighted by Crippen LogP contribution is 2.64. The van der Waals surface area contributed by atoms with E-state index in [2.05, 4.69) is 78.8 Å². The lowest BCUT2D eigenvalue weighted by Crippen LogP contribution is -2.47. The summed E-state index contributed by atoms with van der Waals surface area (Å²) in [7, 11) is 0. The van der Waals surface area contributed by atoms with Crippen molar-refractivity contribution in [3.05, 3.63) is 58.2 Å². The van der Waals surface area contributed by atoms with Crippen LogP contribution in [0.5, 0.6) is 0 Å². The second kappa shape index (κ2) is 7.37. The molecule has 1 N–H and O–H groups in total. The largest absolute Gasteiger partial charge is 0.392 e. The highest BCUT2D eigenvalue weighted by atomic mass is 16.3. The predicted octanol–water partition coefficient (Wildman–Crippen LogP) is 7.05. The minimum atomic E-state index is -0.225. The molecule has 1 fully saturated rings. The van der Waals surface area contributed by atoms with Crippen LogP contribution in [0.25, 0.3) is 0 Å². The van der Waals surface area contributed by atoms with Crippen LogP contribution in [0.4, 0.5) is 0 Å². The first-order valence-corrected chi connectivity index (χ1v) is 12.2. The fourth-order valence-corrected chi connectivity index (χ4v) is 7.35. The third-order valence-electron chi connectivity index (χ3n) is 9.63. The number of benzene rings is 1. The number of hydrogen-bond donors (Lipinski definition) is 1. The Balaban J connectivity index is 1.72. The maximum absolute atomic E-state index is 10.6. The molecule has 0 saturated heterocycles. The Hall–Kier alpha value is -1.34. The van der Waals surface area contributed by atoms with Gasteiger partial charge in [-0.1, -0.05) is 70.6 Å². The monoisotopic (exact) mass is 406 g/mol. The summed E-state index contributed by atoms with van der Waals surface area (Å²) in [5.74, 6) is 1.35. The smallest absolute Gasteiger partial charge is 0.0634 e. The van der Waals surface area contributed by atoms with Gasteiger partial charge in [-0.15, -0.1) is 0 Å². The summed E-state index contributed by atoms with van der Waals surface area (Å²) in [5.41, 5.74) is 8.10. The molecular formula is C29H42O. The Morgan fingerprint density at radius 1 is 1.00 bits per heavy atom. The van der Waals surface area contributed by atoms with Crippen molar-refractivity contribution in [3.63, 3.8) is 0 Å². The van der Waals surface area contributed by atoms with E-state index in [1.807, 2.05) is 0 Å². The van der Waals surface area contributed by atoms with Gasteiger partial charge in [-0.2, -0.15) is 0 Å². The SMILES string of the molecule is CC(C)=C/C=C/[C@@H](C)[C@H]1CC[C@@]2(C)c3ccc4c(c3CC[C@]12C)CC[C@H](O)C4(C)C. The first-order valence-electron chi connectivity index (χ1n) is 12.2. The number of aliphatic hydroxyl groups excluding tert-OH is 1. The van der Waals surface area contributed by atoms with E-state index in [1.165, 1.54) is 36.8 Å². The Morgan fingerprint density at radius 2 is 1.67 bits per heavy atom. The molecule has 1 saturated carbocycles. The van der Waals surface area contributed by atoms with Crippen LogP contribution in [-0.4, -0.2) is 11.2 Å². The zero-order chi connectivity index (χ0) is 21.9. The second-order valence-corrected chi connectivity index (χ2v) is 11.8. The molecule has 0 spiro atoms. The van der Waals surface area contributed by atoms with Gasteiger partial charge in [0.1, 0.15) is 0 Å². The number of fused-ring (bicyclic) bond motifs is 5. The molecule has 164 valence electrons. The topological polar surface area (TPSA) is 20.2 Å². The lowest BCUT2D eigenvalue weighted by atomic mass is 9.52. The molecule has 1 nitrogen and oxygen atoms in total. The molecule has 0 bridgehead atoms. The highest BCUT2D eigenvalue weighted by Gasteiger charge is 2.58. The van der Waals surface area contributed by atoms with Gasteiger partial charge in [-0.05, 0) is 97.3 Å². The van der Waals surface area contributed by atoms with E-state index in [1.54, 1.807) is 16.7 Å². The molecule has 0 aromatic heterocycles. The Bertz CT molecular complexity index is 884. The van der Waals surface area contributed by atoms with E-state index in [-0.39, 0.29) is 16.9 Å². The number of hydrogen-bond acceptors (Lipinski definition) is 1. The van der Waals surface area contributed by atoms with E-state index in [9.17, 15) is 5.11 Å². The first-order chi connectivity index (χ1) is 14.0. The third kappa shape index (κ3) is 3.07. The molecule has 0 unspecified atom stereocenters. The van der Waals surface area contributed by atoms with Crippen molar-refractivity contribution in [2.75, 3.05) is 0 Å². The molecule has 1 aromatic carbocycles. The third-order valence-corrected chi connectivity index (χ3v) is 9.63. The van der Waals surface area contributed by atoms with Crippen LogP contribution in [0.3, 0.4) is 0 Å². The predicted molar refractivity (Wildman–Crippen MR) is 128 cm³/mol. The zero-order valence-electron chi connectivity index (χ0n) is 20.3. The summed E-state index contributed by atoms with van der Waals surface area (Å²) in [5, 5.41) is 10.6. The van der Waals surface area contributed by atoms with Gasteiger partial charge < -0.3 is 5.11 Å². The number of aliphatic hydroxyl groups is 1. The van der Waals surface area contributed by atoms with Gasteiger partial charge in [0.25, 0.3) is 0 Å². The summed E-state index contributed by atoms with van der Waals surface area (Å²) in [4.78, 5) is 0. The molecule has 1 aromatic rings. The van der Waals surface area contributed by atoms with Gasteiger partial charge in [-0.3, -0.25) is 0 Å². The molecule has 30 heavy (non-hydrogen) atoms. The zero-order valence-corrected chi connectivity index (χ0v) is 20.3. The Kier molecular flexibility index (Phi) is 5.37. The van der Waals surface area contributed by atoms with Gasteiger partial charge in [0.2, 0.25) is 0 Å². The fourth-order valence-electron chi connectivity index (χ4n) is 7.35. The normalized spacial score (nSPS) is 35.5. The van der Waals surface area contributed by atoms with Gasteiger partial charge >= 0.3 is 0 Å². The Labute approximate surface area is 184 Å². The van der Waals surface area contributed by atoms with Crippen LogP contribution in [-0.2, 0) is 23.7 Å². The fraction of sp³-hybridized carbons (Fsp3) is 0.655. The van der Waals surface area contributed by atoms with Crippen molar-refractivity contribution in [3.8, 4) is 0 Å². The van der Waals surface area contributed by atoms with E-state index in [0.29, 0.717) is 11.3 Å². The summed E-state index contributed by atoms with van der Waals surface area (Å²) in [6, 6.07) is 4.83. The maximum Gasteiger partial charge on any atom is 0.0634 e. The molecule has 3 aliphatic carbocycles. The van der Waals surface area contributed by atoms with Crippen molar-refractivity contribution in [1.29, 1.82) is 0 Å². The molecule has 4 rings (SSSR count). The first kappa shape index (κ1) is 21.9. The van der Waals surface area contributed by atoms with Crippen molar-refractivity contribution in [2.45, 2.75) is 104 Å². The molecule has 0 aliphatic heterocycles. The highest BCUT2D eigenvalue weighted by molar-refractivity contribution is 5.52. The molecule has 0 radical (unpaired) electrons. The lowest BCUT2D eigenvalue weighted by molar-refractivity contribution is 0.0782. The minimum Gasteiger partial charge on any atom is -0.392 e. The van der Waals surface area contributed by atoms with Crippen LogP contribution < -0.4 is 0 Å². The van der Waals surface area contributed by atoms with E-state index in [0.717, 1.165) is 18.8 Å². The lowest BCUT2D eigenvalue weighted by Gasteiger charge is -2.52.